The molecule has 0 bridgehead atoms. The quantitative estimate of drug-likeness (QED) is 0.793. The van der Waals surface area contributed by atoms with Crippen LogP contribution >= 0.6 is 11.8 Å². The Morgan fingerprint density at radius 1 is 1.41 bits per heavy atom. The van der Waals surface area contributed by atoms with Crippen molar-refractivity contribution in [2.45, 2.75) is 5.51 Å². The van der Waals surface area contributed by atoms with Crippen LogP contribution in [0.25, 0.3) is 0 Å². The molecule has 0 aliphatic rings. The van der Waals surface area contributed by atoms with E-state index < -0.39 is 11.5 Å². The smallest absolute Gasteiger partial charge is 0.441 e. The van der Waals surface area contributed by atoms with Gasteiger partial charge in [0.05, 0.1) is 0 Å². The lowest BCUT2D eigenvalue weighted by molar-refractivity contribution is -0.0327. The number of carbonyl (C=O) groups is 1. The van der Waals surface area contributed by atoms with Crippen LogP contribution in [0, 0.1) is 0 Å². The van der Waals surface area contributed by atoms with Gasteiger partial charge in [0, 0.05) is 24.7 Å². The first kappa shape index (κ1) is 13.6. The van der Waals surface area contributed by atoms with Crippen molar-refractivity contribution in [3.8, 4) is 0 Å². The van der Waals surface area contributed by atoms with Crippen molar-refractivity contribution in [1.29, 1.82) is 0 Å². The van der Waals surface area contributed by atoms with Crippen LogP contribution in [0.2, 0.25) is 0 Å². The summed E-state index contributed by atoms with van der Waals surface area (Å²) in [7, 11) is 0. The van der Waals surface area contributed by atoms with E-state index in [0.29, 0.717) is 0 Å². The Hall–Kier alpha value is -1.51. The maximum atomic E-state index is 11.8. The van der Waals surface area contributed by atoms with Gasteiger partial charge in [-0.15, -0.1) is 0 Å². The van der Waals surface area contributed by atoms with E-state index in [0.717, 1.165) is 0 Å². The summed E-state index contributed by atoms with van der Waals surface area (Å²) in [5.41, 5.74) is -4.61. The maximum absolute atomic E-state index is 11.8. The molecule has 1 aromatic heterocycles. The highest BCUT2D eigenvalue weighted by molar-refractivity contribution is 8.00. The van der Waals surface area contributed by atoms with Gasteiger partial charge in [-0.05, 0) is 11.8 Å². The molecule has 0 spiro atoms. The molecule has 94 valence electrons. The molecule has 9 heteroatoms. The number of anilines is 1. The summed E-state index contributed by atoms with van der Waals surface area (Å²) in [5, 5.41) is 11.2. The van der Waals surface area contributed by atoms with Crippen LogP contribution < -0.4 is 5.32 Å². The molecule has 1 heterocycles. The summed E-state index contributed by atoms with van der Waals surface area (Å²) in [6.07, 6.45) is 2.45. The highest BCUT2D eigenvalue weighted by atomic mass is 32.2. The van der Waals surface area contributed by atoms with Gasteiger partial charge in [0.15, 0.2) is 11.5 Å². The first-order chi connectivity index (χ1) is 7.90. The molecule has 0 unspecified atom stereocenters. The third-order valence-electron chi connectivity index (χ3n) is 1.56. The first-order valence-electron chi connectivity index (χ1n) is 4.39. The van der Waals surface area contributed by atoms with E-state index in [2.05, 4.69) is 15.3 Å². The average molecular weight is 267 g/mol. The number of nitrogens with zero attached hydrogens (tertiary/aromatic N) is 2. The highest BCUT2D eigenvalue weighted by Crippen LogP contribution is 2.29. The molecular formula is C8H8F3N3O2S. The monoisotopic (exact) mass is 267 g/mol. The van der Waals surface area contributed by atoms with Crippen LogP contribution in [0.1, 0.15) is 10.5 Å². The van der Waals surface area contributed by atoms with Crippen molar-refractivity contribution in [3.05, 3.63) is 18.1 Å². The zero-order chi connectivity index (χ0) is 12.9. The third-order valence-corrected chi connectivity index (χ3v) is 2.30. The summed E-state index contributed by atoms with van der Waals surface area (Å²) in [4.78, 5) is 17.9. The van der Waals surface area contributed by atoms with Crippen LogP contribution in [0.15, 0.2) is 12.4 Å². The molecule has 0 aliphatic carbocycles. The summed E-state index contributed by atoms with van der Waals surface area (Å²) >= 11 is -0.191. The Kier molecular flexibility index (Phi) is 4.55. The SMILES string of the molecule is O=C(O)c1nccnc1NCCSC(F)(F)F. The molecule has 0 saturated carbocycles. The van der Waals surface area contributed by atoms with Crippen molar-refractivity contribution in [3.63, 3.8) is 0 Å². The molecule has 0 fully saturated rings. The van der Waals surface area contributed by atoms with Crippen LogP contribution in [-0.4, -0.2) is 38.8 Å². The number of thioether (sulfide) groups is 1. The lowest BCUT2D eigenvalue weighted by Crippen LogP contribution is -2.14. The van der Waals surface area contributed by atoms with E-state index in [4.69, 9.17) is 5.11 Å². The van der Waals surface area contributed by atoms with Gasteiger partial charge in [0.1, 0.15) is 0 Å². The fourth-order valence-corrected chi connectivity index (χ4v) is 1.40. The predicted octanol–water partition coefficient (Wildman–Crippen LogP) is 1.84. The van der Waals surface area contributed by atoms with Crippen LogP contribution in [-0.2, 0) is 0 Å². The van der Waals surface area contributed by atoms with Gasteiger partial charge in [-0.1, -0.05) is 0 Å². The predicted molar refractivity (Wildman–Crippen MR) is 56.0 cm³/mol. The van der Waals surface area contributed by atoms with Crippen molar-refractivity contribution >= 4 is 23.5 Å². The van der Waals surface area contributed by atoms with E-state index in [1.165, 1.54) is 12.4 Å². The van der Waals surface area contributed by atoms with Crippen molar-refractivity contribution in [2.24, 2.45) is 0 Å². The Balaban J connectivity index is 2.49. The number of halogens is 3. The minimum atomic E-state index is -4.29. The second kappa shape index (κ2) is 5.71. The topological polar surface area (TPSA) is 75.1 Å². The molecular weight excluding hydrogens is 259 g/mol. The molecule has 1 aromatic rings. The zero-order valence-electron chi connectivity index (χ0n) is 8.36. The van der Waals surface area contributed by atoms with Gasteiger partial charge in [0.25, 0.3) is 0 Å². The molecule has 0 aromatic carbocycles. The maximum Gasteiger partial charge on any atom is 0.441 e. The van der Waals surface area contributed by atoms with Crippen LogP contribution in [0.5, 0.6) is 0 Å². The summed E-state index contributed by atoms with van der Waals surface area (Å²) in [6.45, 7) is -0.0524. The largest absolute Gasteiger partial charge is 0.476 e. The van der Waals surface area contributed by atoms with E-state index in [1.807, 2.05) is 0 Å². The van der Waals surface area contributed by atoms with Gasteiger partial charge in [-0.25, -0.2) is 14.8 Å². The minimum absolute atomic E-state index is 0.0391. The number of rotatable bonds is 5. The first-order valence-corrected chi connectivity index (χ1v) is 5.37. The molecule has 5 nitrogen and oxygen atoms in total. The highest BCUT2D eigenvalue weighted by Gasteiger charge is 2.27. The number of alkyl halides is 3. The van der Waals surface area contributed by atoms with Gasteiger partial charge in [0.2, 0.25) is 0 Å². The third kappa shape index (κ3) is 4.89. The zero-order valence-corrected chi connectivity index (χ0v) is 9.18. The number of hydrogen-bond donors (Lipinski definition) is 2. The van der Waals surface area contributed by atoms with Gasteiger partial charge in [-0.3, -0.25) is 0 Å². The average Bonchev–Trinajstić information content (AvgIpc) is 2.23. The molecule has 2 N–H and O–H groups in total. The van der Waals surface area contributed by atoms with E-state index >= 15 is 0 Å². The Morgan fingerprint density at radius 3 is 2.65 bits per heavy atom. The van der Waals surface area contributed by atoms with Crippen molar-refractivity contribution in [2.75, 3.05) is 17.6 Å². The number of aromatic carboxylic acids is 1. The Labute approximate surface area is 98.5 Å². The fraction of sp³-hybridized carbons (Fsp3) is 0.375. The van der Waals surface area contributed by atoms with Crippen molar-refractivity contribution in [1.82, 2.24) is 9.97 Å². The van der Waals surface area contributed by atoms with Crippen LogP contribution in [0.3, 0.4) is 0 Å². The lowest BCUT2D eigenvalue weighted by atomic mass is 10.4. The number of hydrogen-bond acceptors (Lipinski definition) is 5. The van der Waals surface area contributed by atoms with E-state index in [-0.39, 0.29) is 35.6 Å². The second-order valence-electron chi connectivity index (χ2n) is 2.78. The summed E-state index contributed by atoms with van der Waals surface area (Å²) in [5.74, 6) is -1.56. The molecule has 0 saturated heterocycles. The molecule has 0 amide bonds. The summed E-state index contributed by atoms with van der Waals surface area (Å²) < 4.78 is 35.4. The summed E-state index contributed by atoms with van der Waals surface area (Å²) in [6, 6.07) is 0. The Morgan fingerprint density at radius 2 is 2.06 bits per heavy atom. The van der Waals surface area contributed by atoms with Gasteiger partial charge in [-0.2, -0.15) is 13.2 Å². The van der Waals surface area contributed by atoms with Crippen molar-refractivity contribution < 1.29 is 23.1 Å². The Bertz CT molecular complexity index is 400. The fourth-order valence-electron chi connectivity index (χ4n) is 0.960. The van der Waals surface area contributed by atoms with E-state index in [9.17, 15) is 18.0 Å². The standard InChI is InChI=1S/C8H8F3N3O2S/c9-8(10,11)17-4-3-14-6-5(7(15)16)12-1-2-13-6/h1-2H,3-4H2,(H,13,14)(H,15,16). The van der Waals surface area contributed by atoms with Gasteiger partial charge >= 0.3 is 11.5 Å². The number of nitrogens with one attached hydrogen (secondary N) is 1. The molecule has 1 rings (SSSR count). The van der Waals surface area contributed by atoms with E-state index in [1.54, 1.807) is 0 Å². The number of carboxylic acid groups (broad SMARTS) is 1. The normalized spacial score (nSPS) is 11.2. The molecule has 17 heavy (non-hydrogen) atoms. The number of carboxylic acids is 1. The minimum Gasteiger partial charge on any atom is -0.476 e. The number of aromatic nitrogens is 2. The van der Waals surface area contributed by atoms with Gasteiger partial charge < -0.3 is 10.4 Å². The molecule has 0 atom stereocenters. The molecule has 0 aliphatic heterocycles. The van der Waals surface area contributed by atoms with Crippen LogP contribution in [0.4, 0.5) is 19.0 Å². The second-order valence-corrected chi connectivity index (χ2v) is 3.94. The molecule has 0 radical (unpaired) electrons. The lowest BCUT2D eigenvalue weighted by Gasteiger charge is -2.08.